The minimum atomic E-state index is -0.256. The summed E-state index contributed by atoms with van der Waals surface area (Å²) >= 11 is 5.26. The normalized spacial score (nSPS) is 21.6. The summed E-state index contributed by atoms with van der Waals surface area (Å²) in [6.45, 7) is 9.24. The van der Waals surface area contributed by atoms with E-state index in [-0.39, 0.29) is 11.9 Å². The molecule has 6 heteroatoms. The van der Waals surface area contributed by atoms with E-state index < -0.39 is 0 Å². The molecule has 1 heterocycles. The SMILES string of the molecule is CC(C)C[NH+]1CCO[C@H](CNC(=S)Nc2ccc(F)cc2)C1. The van der Waals surface area contributed by atoms with Crippen LogP contribution < -0.4 is 15.5 Å². The molecule has 0 saturated carbocycles. The summed E-state index contributed by atoms with van der Waals surface area (Å²) in [5.41, 5.74) is 0.774. The average Bonchev–Trinajstić information content (AvgIpc) is 2.47. The Bertz CT molecular complexity index is 481. The molecule has 22 heavy (non-hydrogen) atoms. The quantitative estimate of drug-likeness (QED) is 0.707. The third-order valence-corrected chi connectivity index (χ3v) is 3.86. The van der Waals surface area contributed by atoms with Gasteiger partial charge >= 0.3 is 0 Å². The third kappa shape index (κ3) is 5.87. The first-order valence-electron chi connectivity index (χ1n) is 7.78. The Kier molecular flexibility index (Phi) is 6.54. The minimum absolute atomic E-state index is 0.176. The first-order chi connectivity index (χ1) is 10.5. The first-order valence-corrected chi connectivity index (χ1v) is 8.19. The molecule has 2 rings (SSSR count). The Hall–Kier alpha value is -1.24. The highest BCUT2D eigenvalue weighted by molar-refractivity contribution is 7.80. The minimum Gasteiger partial charge on any atom is -0.365 e. The van der Waals surface area contributed by atoms with Gasteiger partial charge in [-0.2, -0.15) is 0 Å². The van der Waals surface area contributed by atoms with Gasteiger partial charge in [0.2, 0.25) is 0 Å². The van der Waals surface area contributed by atoms with E-state index in [1.54, 1.807) is 17.0 Å². The molecule has 1 aliphatic heterocycles. The van der Waals surface area contributed by atoms with Crippen molar-refractivity contribution in [2.45, 2.75) is 20.0 Å². The Balaban J connectivity index is 1.72. The molecule has 0 aromatic heterocycles. The number of rotatable bonds is 5. The molecule has 0 aliphatic carbocycles. The Morgan fingerprint density at radius 1 is 1.41 bits per heavy atom. The van der Waals surface area contributed by atoms with E-state index >= 15 is 0 Å². The van der Waals surface area contributed by atoms with Gasteiger partial charge in [-0.15, -0.1) is 0 Å². The van der Waals surface area contributed by atoms with Crippen molar-refractivity contribution in [3.63, 3.8) is 0 Å². The van der Waals surface area contributed by atoms with E-state index in [0.717, 1.165) is 25.4 Å². The molecule has 1 aromatic rings. The lowest BCUT2D eigenvalue weighted by molar-refractivity contribution is -0.914. The summed E-state index contributed by atoms with van der Waals surface area (Å²) in [4.78, 5) is 1.59. The number of hydrogen-bond donors (Lipinski definition) is 3. The fraction of sp³-hybridized carbons (Fsp3) is 0.562. The smallest absolute Gasteiger partial charge is 0.170 e. The molecule has 1 fully saturated rings. The van der Waals surface area contributed by atoms with Gasteiger partial charge in [0, 0.05) is 18.2 Å². The maximum absolute atomic E-state index is 12.8. The molecule has 0 spiro atoms. The number of nitrogens with one attached hydrogen (secondary N) is 3. The second kappa shape index (κ2) is 8.41. The molecule has 1 unspecified atom stereocenters. The van der Waals surface area contributed by atoms with Gasteiger partial charge in [0.25, 0.3) is 0 Å². The van der Waals surface area contributed by atoms with Crippen LogP contribution in [0.5, 0.6) is 0 Å². The van der Waals surface area contributed by atoms with Crippen LogP contribution in [0.3, 0.4) is 0 Å². The molecular weight excluding hydrogens is 301 g/mol. The molecule has 0 bridgehead atoms. The second-order valence-electron chi connectivity index (χ2n) is 6.14. The standard InChI is InChI=1S/C16H24FN3OS/c1-12(2)10-20-7-8-21-15(11-20)9-18-16(22)19-14-5-3-13(17)4-6-14/h3-6,12,15H,7-11H2,1-2H3,(H2,18,19,22)/p+1/t15-/m1/s1. The fourth-order valence-electron chi connectivity index (χ4n) is 2.66. The van der Waals surface area contributed by atoms with Crippen molar-refractivity contribution in [1.29, 1.82) is 0 Å². The number of morpholine rings is 1. The van der Waals surface area contributed by atoms with E-state index in [1.165, 1.54) is 18.7 Å². The fourth-order valence-corrected chi connectivity index (χ4v) is 2.86. The molecule has 2 atom stereocenters. The van der Waals surface area contributed by atoms with Crippen molar-refractivity contribution >= 4 is 23.0 Å². The van der Waals surface area contributed by atoms with E-state index in [2.05, 4.69) is 24.5 Å². The van der Waals surface area contributed by atoms with Crippen LogP contribution in [-0.2, 0) is 4.74 Å². The molecule has 1 aromatic carbocycles. The number of benzene rings is 1. The Morgan fingerprint density at radius 3 is 2.82 bits per heavy atom. The van der Waals surface area contributed by atoms with Gasteiger partial charge in [0.15, 0.2) is 5.11 Å². The van der Waals surface area contributed by atoms with Crippen LogP contribution in [0.2, 0.25) is 0 Å². The molecule has 0 amide bonds. The summed E-state index contributed by atoms with van der Waals surface area (Å²) in [6, 6.07) is 6.13. The average molecular weight is 326 g/mol. The van der Waals surface area contributed by atoms with Crippen molar-refractivity contribution in [3.05, 3.63) is 30.1 Å². The largest absolute Gasteiger partial charge is 0.365 e. The number of hydrogen-bond acceptors (Lipinski definition) is 2. The molecule has 1 aliphatic rings. The van der Waals surface area contributed by atoms with Gasteiger partial charge < -0.3 is 20.3 Å². The maximum atomic E-state index is 12.8. The zero-order valence-corrected chi connectivity index (χ0v) is 14.0. The monoisotopic (exact) mass is 326 g/mol. The van der Waals surface area contributed by atoms with Crippen molar-refractivity contribution in [3.8, 4) is 0 Å². The molecule has 4 nitrogen and oxygen atoms in total. The highest BCUT2D eigenvalue weighted by atomic mass is 32.1. The zero-order valence-electron chi connectivity index (χ0n) is 13.2. The number of ether oxygens (including phenoxy) is 1. The maximum Gasteiger partial charge on any atom is 0.170 e. The van der Waals surface area contributed by atoms with Gasteiger partial charge in [-0.25, -0.2) is 4.39 Å². The lowest BCUT2D eigenvalue weighted by Gasteiger charge is -2.31. The summed E-state index contributed by atoms with van der Waals surface area (Å²) in [5.74, 6) is 0.441. The van der Waals surface area contributed by atoms with E-state index in [9.17, 15) is 4.39 Å². The van der Waals surface area contributed by atoms with Crippen LogP contribution in [0, 0.1) is 11.7 Å². The number of thiocarbonyl (C=S) groups is 1. The molecular formula is C16H25FN3OS+. The number of quaternary nitrogens is 1. The highest BCUT2D eigenvalue weighted by Gasteiger charge is 2.24. The molecule has 122 valence electrons. The summed E-state index contributed by atoms with van der Waals surface area (Å²) < 4.78 is 18.6. The molecule has 3 N–H and O–H groups in total. The Morgan fingerprint density at radius 2 is 2.14 bits per heavy atom. The molecule has 1 saturated heterocycles. The second-order valence-corrected chi connectivity index (χ2v) is 6.55. The third-order valence-electron chi connectivity index (χ3n) is 3.61. The van der Waals surface area contributed by atoms with E-state index in [4.69, 9.17) is 17.0 Å². The van der Waals surface area contributed by atoms with Crippen LogP contribution in [0.15, 0.2) is 24.3 Å². The first kappa shape index (κ1) is 17.1. The predicted molar refractivity (Wildman–Crippen MR) is 90.8 cm³/mol. The lowest BCUT2D eigenvalue weighted by atomic mass is 10.2. The van der Waals surface area contributed by atoms with Crippen molar-refractivity contribution in [1.82, 2.24) is 5.32 Å². The van der Waals surface area contributed by atoms with Crippen molar-refractivity contribution < 1.29 is 14.0 Å². The predicted octanol–water partition coefficient (Wildman–Crippen LogP) is 1.05. The van der Waals surface area contributed by atoms with Crippen LogP contribution in [0.25, 0.3) is 0 Å². The van der Waals surface area contributed by atoms with Gasteiger partial charge in [-0.3, -0.25) is 0 Å². The van der Waals surface area contributed by atoms with Crippen LogP contribution >= 0.6 is 12.2 Å². The Labute approximate surface area is 137 Å². The summed E-state index contributed by atoms with van der Waals surface area (Å²) in [6.07, 6.45) is 0.176. The zero-order chi connectivity index (χ0) is 15.9. The highest BCUT2D eigenvalue weighted by Crippen LogP contribution is 2.07. The van der Waals surface area contributed by atoms with E-state index in [1.807, 2.05) is 0 Å². The van der Waals surface area contributed by atoms with Gasteiger partial charge in [-0.05, 0) is 36.5 Å². The van der Waals surface area contributed by atoms with Crippen LogP contribution in [-0.4, -0.2) is 44.0 Å². The summed E-state index contributed by atoms with van der Waals surface area (Å²) in [7, 11) is 0. The van der Waals surface area contributed by atoms with Crippen molar-refractivity contribution in [2.24, 2.45) is 5.92 Å². The topological polar surface area (TPSA) is 37.7 Å². The van der Waals surface area contributed by atoms with E-state index in [0.29, 0.717) is 17.6 Å². The van der Waals surface area contributed by atoms with Crippen molar-refractivity contribution in [2.75, 3.05) is 38.1 Å². The van der Waals surface area contributed by atoms with Gasteiger partial charge in [-0.1, -0.05) is 13.8 Å². The number of anilines is 1. The lowest BCUT2D eigenvalue weighted by Crippen LogP contribution is -3.15. The van der Waals surface area contributed by atoms with Crippen LogP contribution in [0.4, 0.5) is 10.1 Å². The summed E-state index contributed by atoms with van der Waals surface area (Å²) in [5, 5.41) is 6.75. The molecule has 0 radical (unpaired) electrons. The van der Waals surface area contributed by atoms with Gasteiger partial charge in [0.1, 0.15) is 25.0 Å². The number of halogens is 1. The van der Waals surface area contributed by atoms with Gasteiger partial charge in [0.05, 0.1) is 13.2 Å². The van der Waals surface area contributed by atoms with Crippen LogP contribution in [0.1, 0.15) is 13.8 Å².